The van der Waals surface area contributed by atoms with Gasteiger partial charge in [-0.15, -0.1) is 0 Å². The summed E-state index contributed by atoms with van der Waals surface area (Å²) in [6, 6.07) is 3.95. The van der Waals surface area contributed by atoms with E-state index in [9.17, 15) is 0 Å². The van der Waals surface area contributed by atoms with Gasteiger partial charge >= 0.3 is 0 Å². The minimum atomic E-state index is 0.454. The second kappa shape index (κ2) is 6.47. The van der Waals surface area contributed by atoms with E-state index in [4.69, 9.17) is 15.2 Å². The van der Waals surface area contributed by atoms with Crippen molar-refractivity contribution in [2.45, 2.75) is 17.7 Å². The lowest BCUT2D eigenvalue weighted by atomic mass is 10.1. The van der Waals surface area contributed by atoms with Gasteiger partial charge in [-0.1, -0.05) is 11.8 Å². The fourth-order valence-corrected chi connectivity index (χ4v) is 2.71. The highest BCUT2D eigenvalue weighted by Crippen LogP contribution is 2.33. The van der Waals surface area contributed by atoms with Crippen molar-refractivity contribution in [3.8, 4) is 11.5 Å². The van der Waals surface area contributed by atoms with Gasteiger partial charge in [-0.3, -0.25) is 0 Å². The highest BCUT2D eigenvalue weighted by molar-refractivity contribution is 7.98. The predicted molar refractivity (Wildman–Crippen MR) is 80.3 cm³/mol. The average molecular weight is 291 g/mol. The molecule has 2 N–H and O–H groups in total. The van der Waals surface area contributed by atoms with Crippen LogP contribution < -0.4 is 15.2 Å². The highest BCUT2D eigenvalue weighted by atomic mass is 32.2. The molecule has 6 heteroatoms. The summed E-state index contributed by atoms with van der Waals surface area (Å²) in [6.45, 7) is 2.04. The first-order valence-electron chi connectivity index (χ1n) is 6.06. The number of hydrogen-bond donors (Lipinski definition) is 1. The van der Waals surface area contributed by atoms with E-state index in [1.54, 1.807) is 38.4 Å². The molecule has 20 heavy (non-hydrogen) atoms. The molecule has 0 aliphatic carbocycles. The molecule has 5 nitrogen and oxygen atoms in total. The molecule has 1 aromatic heterocycles. The lowest BCUT2D eigenvalue weighted by Crippen LogP contribution is -1.97. The van der Waals surface area contributed by atoms with Crippen molar-refractivity contribution in [2.24, 2.45) is 0 Å². The van der Waals surface area contributed by atoms with Crippen LogP contribution in [0.2, 0.25) is 0 Å². The van der Waals surface area contributed by atoms with Crippen molar-refractivity contribution < 1.29 is 9.47 Å². The SMILES string of the molecule is COc1cc(C)c(CSc2nccnc2N)cc1OC. The zero-order chi connectivity index (χ0) is 14.5. The Balaban J connectivity index is 2.19. The molecule has 0 aliphatic heterocycles. The largest absolute Gasteiger partial charge is 0.493 e. The van der Waals surface area contributed by atoms with Gasteiger partial charge in [0.1, 0.15) is 5.03 Å². The van der Waals surface area contributed by atoms with Crippen LogP contribution in [0.25, 0.3) is 0 Å². The molecule has 2 rings (SSSR count). The lowest BCUT2D eigenvalue weighted by Gasteiger charge is -2.12. The topological polar surface area (TPSA) is 70.3 Å². The van der Waals surface area contributed by atoms with E-state index in [2.05, 4.69) is 9.97 Å². The Bertz CT molecular complexity index is 605. The van der Waals surface area contributed by atoms with Crippen molar-refractivity contribution >= 4 is 17.6 Å². The number of nitrogens with zero attached hydrogens (tertiary/aromatic N) is 2. The molecule has 0 aliphatic rings. The number of aryl methyl sites for hydroxylation is 1. The van der Waals surface area contributed by atoms with E-state index >= 15 is 0 Å². The van der Waals surface area contributed by atoms with Crippen LogP contribution in [0.5, 0.6) is 11.5 Å². The van der Waals surface area contributed by atoms with Gasteiger partial charge in [-0.25, -0.2) is 9.97 Å². The van der Waals surface area contributed by atoms with E-state index in [1.807, 2.05) is 19.1 Å². The second-order valence-electron chi connectivity index (χ2n) is 4.17. The molecule has 1 heterocycles. The van der Waals surface area contributed by atoms with Crippen LogP contribution in [0, 0.1) is 6.92 Å². The number of nitrogens with two attached hydrogens (primary N) is 1. The molecule has 0 saturated carbocycles. The zero-order valence-corrected chi connectivity index (χ0v) is 12.5. The summed E-state index contributed by atoms with van der Waals surface area (Å²) in [5.41, 5.74) is 8.07. The second-order valence-corrected chi connectivity index (χ2v) is 5.13. The Morgan fingerprint density at radius 3 is 2.40 bits per heavy atom. The first kappa shape index (κ1) is 14.5. The van der Waals surface area contributed by atoms with Crippen LogP contribution in [-0.2, 0) is 5.75 Å². The van der Waals surface area contributed by atoms with Gasteiger partial charge in [0.15, 0.2) is 17.3 Å². The Kier molecular flexibility index (Phi) is 4.68. The molecule has 0 saturated heterocycles. The van der Waals surface area contributed by atoms with Crippen LogP contribution in [-0.4, -0.2) is 24.2 Å². The Labute approximate surface area is 122 Å². The molecule has 0 unspecified atom stereocenters. The van der Waals surface area contributed by atoms with E-state index in [0.29, 0.717) is 5.82 Å². The van der Waals surface area contributed by atoms with Crippen molar-refractivity contribution in [2.75, 3.05) is 20.0 Å². The van der Waals surface area contributed by atoms with Crippen LogP contribution in [0.15, 0.2) is 29.6 Å². The minimum absolute atomic E-state index is 0.454. The maximum absolute atomic E-state index is 5.79. The Hall–Kier alpha value is -1.95. The summed E-state index contributed by atoms with van der Waals surface area (Å²) >= 11 is 1.55. The number of nitrogen functional groups attached to an aromatic ring is 1. The zero-order valence-electron chi connectivity index (χ0n) is 11.7. The van der Waals surface area contributed by atoms with Gasteiger partial charge in [0, 0.05) is 18.1 Å². The number of thioether (sulfide) groups is 1. The standard InChI is InChI=1S/C14H17N3O2S/c1-9-6-11(18-2)12(19-3)7-10(9)8-20-14-13(15)16-4-5-17-14/h4-7H,8H2,1-3H3,(H2,15,16). The molecule has 0 spiro atoms. The fraction of sp³-hybridized carbons (Fsp3) is 0.286. The van der Waals surface area contributed by atoms with Gasteiger partial charge in [0.2, 0.25) is 0 Å². The van der Waals surface area contributed by atoms with Gasteiger partial charge in [-0.2, -0.15) is 0 Å². The summed E-state index contributed by atoms with van der Waals surface area (Å²) in [5, 5.41) is 0.738. The average Bonchev–Trinajstić information content (AvgIpc) is 2.47. The summed E-state index contributed by atoms with van der Waals surface area (Å²) in [4.78, 5) is 8.24. The number of benzene rings is 1. The van der Waals surface area contributed by atoms with Crippen molar-refractivity contribution in [1.82, 2.24) is 9.97 Å². The molecular weight excluding hydrogens is 274 g/mol. The third-order valence-corrected chi connectivity index (χ3v) is 3.94. The summed E-state index contributed by atoms with van der Waals surface area (Å²) in [7, 11) is 3.26. The normalized spacial score (nSPS) is 10.3. The Morgan fingerprint density at radius 1 is 1.10 bits per heavy atom. The minimum Gasteiger partial charge on any atom is -0.493 e. The molecule has 2 aromatic rings. The third kappa shape index (κ3) is 3.14. The fourth-order valence-electron chi connectivity index (χ4n) is 1.77. The maximum atomic E-state index is 5.79. The van der Waals surface area contributed by atoms with Crippen molar-refractivity contribution in [1.29, 1.82) is 0 Å². The summed E-state index contributed by atoms with van der Waals surface area (Å²) in [6.07, 6.45) is 3.22. The third-order valence-electron chi connectivity index (χ3n) is 2.90. The van der Waals surface area contributed by atoms with Crippen LogP contribution in [0.4, 0.5) is 5.82 Å². The van der Waals surface area contributed by atoms with Gasteiger partial charge in [0.25, 0.3) is 0 Å². The number of ether oxygens (including phenoxy) is 2. The smallest absolute Gasteiger partial charge is 0.161 e. The molecule has 106 valence electrons. The number of aromatic nitrogens is 2. The number of methoxy groups -OCH3 is 2. The first-order chi connectivity index (χ1) is 9.65. The van der Waals surface area contributed by atoms with E-state index in [-0.39, 0.29) is 0 Å². The quantitative estimate of drug-likeness (QED) is 0.854. The summed E-state index contributed by atoms with van der Waals surface area (Å²) < 4.78 is 10.6. The lowest BCUT2D eigenvalue weighted by molar-refractivity contribution is 0.354. The molecule has 0 fully saturated rings. The van der Waals surface area contributed by atoms with Crippen LogP contribution >= 0.6 is 11.8 Å². The van der Waals surface area contributed by atoms with Crippen LogP contribution in [0.1, 0.15) is 11.1 Å². The molecular formula is C14H17N3O2S. The van der Waals surface area contributed by atoms with Crippen molar-refractivity contribution in [3.63, 3.8) is 0 Å². The predicted octanol–water partition coefficient (Wildman–Crippen LogP) is 2.68. The monoisotopic (exact) mass is 291 g/mol. The van der Waals surface area contributed by atoms with Gasteiger partial charge in [0.05, 0.1) is 14.2 Å². The molecule has 0 bridgehead atoms. The summed E-state index contributed by atoms with van der Waals surface area (Å²) in [5.74, 6) is 2.66. The number of rotatable bonds is 5. The first-order valence-corrected chi connectivity index (χ1v) is 7.05. The van der Waals surface area contributed by atoms with E-state index in [0.717, 1.165) is 33.4 Å². The molecule has 1 aromatic carbocycles. The van der Waals surface area contributed by atoms with E-state index in [1.165, 1.54) is 0 Å². The van der Waals surface area contributed by atoms with Gasteiger partial charge < -0.3 is 15.2 Å². The highest BCUT2D eigenvalue weighted by Gasteiger charge is 2.10. The molecule has 0 amide bonds. The van der Waals surface area contributed by atoms with Crippen LogP contribution in [0.3, 0.4) is 0 Å². The molecule has 0 atom stereocenters. The number of anilines is 1. The maximum Gasteiger partial charge on any atom is 0.161 e. The van der Waals surface area contributed by atoms with E-state index < -0.39 is 0 Å². The van der Waals surface area contributed by atoms with Crippen molar-refractivity contribution in [3.05, 3.63) is 35.7 Å². The molecule has 0 radical (unpaired) electrons. The number of hydrogen-bond acceptors (Lipinski definition) is 6. The van der Waals surface area contributed by atoms with Gasteiger partial charge in [-0.05, 0) is 30.2 Å². The Morgan fingerprint density at radius 2 is 1.75 bits per heavy atom.